The van der Waals surface area contributed by atoms with E-state index < -0.39 is 22.6 Å². The van der Waals surface area contributed by atoms with Gasteiger partial charge in [0.1, 0.15) is 5.60 Å². The second-order valence-corrected chi connectivity index (χ2v) is 39.4. The number of nitrogens with zero attached hydrogens (tertiary/aromatic N) is 2. The lowest BCUT2D eigenvalue weighted by Crippen LogP contribution is -2.33. The number of nitro benzene ring substituents is 1. The van der Waals surface area contributed by atoms with Gasteiger partial charge < -0.3 is 71.6 Å². The summed E-state index contributed by atoms with van der Waals surface area (Å²) in [6.45, 7) is 18.3. The number of carbonyl (C=O) groups is 7. The highest BCUT2D eigenvalue weighted by molar-refractivity contribution is 6.33. The van der Waals surface area contributed by atoms with E-state index in [1.54, 1.807) is 76.2 Å². The van der Waals surface area contributed by atoms with Crippen molar-refractivity contribution in [2.24, 2.45) is 29.4 Å². The Bertz CT molecular complexity index is 4920. The molecule has 7 aromatic carbocycles. The Kier molecular flexibility index (Phi) is 52.9. The number of anilines is 7. The number of para-hydroxylation sites is 1. The summed E-state index contributed by atoms with van der Waals surface area (Å²) >= 11 is 5.69. The lowest BCUT2D eigenvalue weighted by atomic mass is 9.83. The van der Waals surface area contributed by atoms with E-state index in [9.17, 15) is 43.7 Å². The van der Waals surface area contributed by atoms with Gasteiger partial charge in [-0.3, -0.25) is 15.4 Å². The second kappa shape index (κ2) is 63.8. The van der Waals surface area contributed by atoms with Crippen LogP contribution in [0, 0.1) is 33.8 Å². The lowest BCUT2D eigenvalue weighted by molar-refractivity contribution is -0.385. The molecule has 0 heterocycles. The average molecular weight is 1950 g/mol. The van der Waals surface area contributed by atoms with Gasteiger partial charge in [-0.15, -0.1) is 0 Å². The average Bonchev–Trinajstić information content (AvgIpc) is 0.820. The topological polar surface area (TPSA) is 371 Å². The van der Waals surface area contributed by atoms with E-state index >= 15 is 0 Å². The van der Waals surface area contributed by atoms with Gasteiger partial charge in [-0.05, 0) is 263 Å². The zero-order valence-corrected chi connectivity index (χ0v) is 86.9. The van der Waals surface area contributed by atoms with E-state index in [1.165, 1.54) is 209 Å². The van der Waals surface area contributed by atoms with E-state index in [-0.39, 0.29) is 53.6 Å². The van der Waals surface area contributed by atoms with Gasteiger partial charge in [0.2, 0.25) is 0 Å². The fourth-order valence-electron chi connectivity index (χ4n) is 19.2. The maximum absolute atomic E-state index is 12.3. The van der Waals surface area contributed by atoms with Gasteiger partial charge in [0.25, 0.3) is 5.69 Å². The van der Waals surface area contributed by atoms with Crippen molar-refractivity contribution in [3.63, 3.8) is 0 Å². The van der Waals surface area contributed by atoms with Crippen molar-refractivity contribution >= 4 is 99.0 Å². The molecule has 13 rings (SSSR count). The molecular formula is C114H166ClN9O16. The Balaban J connectivity index is 0.000000225. The zero-order chi connectivity index (χ0) is 102. The first-order valence-electron chi connectivity index (χ1n) is 52.2. The van der Waals surface area contributed by atoms with Crippen LogP contribution in [0.3, 0.4) is 0 Å². The third kappa shape index (κ3) is 42.1. The largest absolute Gasteiger partial charge is 0.462 e. The Labute approximate surface area is 840 Å². The summed E-state index contributed by atoms with van der Waals surface area (Å²) in [6, 6.07) is 41.0. The van der Waals surface area contributed by atoms with Crippen LogP contribution in [0.2, 0.25) is 5.02 Å². The van der Waals surface area contributed by atoms with Crippen LogP contribution in [0.15, 0.2) is 133 Å². The number of nitrogens with one attached hydrogen (secondary N) is 3. The summed E-state index contributed by atoms with van der Waals surface area (Å²) in [7, 11) is 6.02. The summed E-state index contributed by atoms with van der Waals surface area (Å²) in [5.41, 5.74) is 37.2. The molecule has 0 unspecified atom stereocenters. The van der Waals surface area contributed by atoms with Crippen LogP contribution in [-0.4, -0.2) is 125 Å². The molecular weight excluding hydrogens is 1790 g/mol. The fourth-order valence-corrected chi connectivity index (χ4v) is 19.4. The van der Waals surface area contributed by atoms with Crippen LogP contribution in [0.25, 0.3) is 0 Å². The Morgan fingerprint density at radius 1 is 0.393 bits per heavy atom. The molecule has 0 radical (unpaired) electrons. The quantitative estimate of drug-likeness (QED) is 0.00826. The number of halogens is 1. The molecule has 6 aliphatic carbocycles. The molecule has 0 saturated heterocycles. The van der Waals surface area contributed by atoms with E-state index in [0.717, 1.165) is 122 Å². The number of esters is 6. The van der Waals surface area contributed by atoms with Crippen molar-refractivity contribution in [1.29, 1.82) is 0 Å². The number of hydrogen-bond acceptors (Lipinski definition) is 23. The van der Waals surface area contributed by atoms with Crippen molar-refractivity contribution in [2.45, 2.75) is 336 Å². The van der Waals surface area contributed by atoms with E-state index in [4.69, 9.17) is 67.7 Å². The van der Waals surface area contributed by atoms with Gasteiger partial charge in [-0.1, -0.05) is 240 Å². The van der Waals surface area contributed by atoms with Gasteiger partial charge in [0, 0.05) is 67.6 Å². The normalized spacial score (nSPS) is 16.7. The number of amides is 1. The van der Waals surface area contributed by atoms with Crippen LogP contribution < -0.4 is 43.8 Å². The molecule has 770 valence electrons. The SMILES string of the molecule is CCOC(=O)c1ccc(C2CCCCC2)c([N+](=O)[O-])c1.CCOC(=O)c1ccc(CC2CCCCCCC2)c(N(C)C)c1.CCOC(=O)c1ccc(CC2CCCCCCC2)c(NC(=O)OC(C)(C)C)c1.CCOC(=O)c1ccc(CC2CCCCCCC2)c(NC)c1.CCOC(=O)c1ccc(Cl)c(N)c1.CCOC(=O)c1ccc(NC2CCC(N)CC2)c(N)c1.Nc1ccccc1CC1CCCCC1. The number of nitrogens with two attached hydrogens (primary N) is 4. The highest BCUT2D eigenvalue weighted by Crippen LogP contribution is 2.40. The van der Waals surface area contributed by atoms with E-state index in [1.807, 2.05) is 104 Å². The smallest absolute Gasteiger partial charge is 0.412 e. The molecule has 0 bridgehead atoms. The maximum atomic E-state index is 12.3. The highest BCUT2D eigenvalue weighted by Gasteiger charge is 2.29. The van der Waals surface area contributed by atoms with Crippen molar-refractivity contribution < 1.29 is 71.6 Å². The van der Waals surface area contributed by atoms with Crippen LogP contribution in [-0.2, 0) is 58.8 Å². The molecule has 26 heteroatoms. The number of nitro groups is 1. The van der Waals surface area contributed by atoms with Crippen LogP contribution in [0.5, 0.6) is 0 Å². The van der Waals surface area contributed by atoms with Crippen molar-refractivity contribution in [3.05, 3.63) is 210 Å². The molecule has 6 aliphatic rings. The molecule has 11 N–H and O–H groups in total. The minimum Gasteiger partial charge on any atom is -0.462 e. The predicted octanol–water partition coefficient (Wildman–Crippen LogP) is 27.2. The number of carbonyl (C=O) groups excluding carboxylic acids is 7. The summed E-state index contributed by atoms with van der Waals surface area (Å²) < 4.78 is 35.3. The van der Waals surface area contributed by atoms with Gasteiger partial charge in [0.05, 0.1) is 100 Å². The minimum absolute atomic E-state index is 0.0439. The number of rotatable bonds is 27. The molecule has 7 aromatic rings. The molecule has 25 nitrogen and oxygen atoms in total. The molecule has 0 atom stereocenters. The van der Waals surface area contributed by atoms with Crippen molar-refractivity contribution in [2.75, 3.05) is 98.8 Å². The predicted molar refractivity (Wildman–Crippen MR) is 568 cm³/mol. The minimum atomic E-state index is -0.581. The van der Waals surface area contributed by atoms with Crippen LogP contribution >= 0.6 is 11.6 Å². The molecule has 140 heavy (non-hydrogen) atoms. The Hall–Kier alpha value is -10.9. The van der Waals surface area contributed by atoms with Crippen LogP contribution in [0.4, 0.5) is 50.3 Å². The summed E-state index contributed by atoms with van der Waals surface area (Å²) in [5, 5.41) is 21.2. The van der Waals surface area contributed by atoms with Gasteiger partial charge in [0.15, 0.2) is 0 Å². The summed E-state index contributed by atoms with van der Waals surface area (Å²) in [4.78, 5) is 95.7. The number of benzene rings is 7. The van der Waals surface area contributed by atoms with E-state index in [0.29, 0.717) is 101 Å². The third-order valence-corrected chi connectivity index (χ3v) is 27.0. The van der Waals surface area contributed by atoms with Crippen molar-refractivity contribution in [3.8, 4) is 0 Å². The standard InChI is InChI=1S/C23H35NO4.C20H31NO2.C19H29NO2.C15H23N3O2.C15H19NO4.C13H19N.C9H10ClNO2/c1-5-27-21(25)19-14-13-18(15-17-11-9-7-6-8-10-12-17)20(16-19)24-22(26)28-23(2,3)4;1-4-23-20(22)18-13-12-17(19(15-18)21(2)3)14-16-10-8-6-5-7-9-11-16;1-3-22-19(21)17-12-11-16(18(14-17)20-2)13-15-9-7-5-4-6-8-10-15;1-2-20-15(19)10-3-8-14(13(17)9-10)18-12-6-4-11(16)5-7-12;1-2-20-15(17)12-8-9-13(14(10-12)16(18)19)11-6-4-3-5-7-11;14-13-9-5-4-8-12(13)10-11-6-2-1-3-7-11;1-2-13-9(12)6-3-4-7(10)8(11)5-6/h13-14,16-17H,5-12,15H2,1-4H3,(H,24,26);12-13,15-16H,4-11,14H2,1-3H3;11-12,14-15,20H,3-10,13H2,1-2H3;3,8-9,11-12,18H,2,4-7,16-17H2,1H3;8-11H,2-7H2,1H3;4-5,8-9,11H,1-3,6-7,10,14H2;3-5H,2,11H2,1H3. The first-order chi connectivity index (χ1) is 67.4. The molecule has 6 saturated carbocycles. The van der Waals surface area contributed by atoms with Gasteiger partial charge >= 0.3 is 41.9 Å². The maximum Gasteiger partial charge on any atom is 0.412 e. The molecule has 0 aliphatic heterocycles. The number of hydrogen-bond donors (Lipinski definition) is 7. The Morgan fingerprint density at radius 2 is 0.736 bits per heavy atom. The summed E-state index contributed by atoms with van der Waals surface area (Å²) in [5.74, 6) is 1.20. The molecule has 1 amide bonds. The van der Waals surface area contributed by atoms with Gasteiger partial charge in [-0.2, -0.15) is 0 Å². The molecule has 0 aromatic heterocycles. The van der Waals surface area contributed by atoms with Gasteiger partial charge in [-0.25, -0.2) is 33.6 Å². The number of nitrogen functional groups attached to an aromatic ring is 3. The number of ether oxygens (including phenoxy) is 7. The lowest BCUT2D eigenvalue weighted by Gasteiger charge is -2.28. The first-order valence-corrected chi connectivity index (χ1v) is 52.6. The second-order valence-electron chi connectivity index (χ2n) is 39.0. The van der Waals surface area contributed by atoms with Crippen LogP contribution in [0.1, 0.15) is 383 Å². The zero-order valence-electron chi connectivity index (χ0n) is 86.2. The fraction of sp³-hybridized carbons (Fsp3) is 0.570. The third-order valence-electron chi connectivity index (χ3n) is 26.7. The molecule has 6 fully saturated rings. The first kappa shape index (κ1) is 116. The van der Waals surface area contributed by atoms with Crippen molar-refractivity contribution in [1.82, 2.24) is 0 Å². The monoisotopic (exact) mass is 1950 g/mol. The molecule has 0 spiro atoms. The summed E-state index contributed by atoms with van der Waals surface area (Å²) in [6.07, 6.45) is 48.5. The highest BCUT2D eigenvalue weighted by atomic mass is 35.5. The van der Waals surface area contributed by atoms with E-state index in [2.05, 4.69) is 45.1 Å². The Morgan fingerprint density at radius 3 is 1.14 bits per heavy atom.